The summed E-state index contributed by atoms with van der Waals surface area (Å²) in [7, 11) is 1.56. The summed E-state index contributed by atoms with van der Waals surface area (Å²) in [6.07, 6.45) is 0. The van der Waals surface area contributed by atoms with Gasteiger partial charge in [0.15, 0.2) is 0 Å². The second-order valence-corrected chi connectivity index (χ2v) is 6.99. The van der Waals surface area contributed by atoms with Crippen molar-refractivity contribution in [2.24, 2.45) is 0 Å². The van der Waals surface area contributed by atoms with E-state index in [0.29, 0.717) is 16.5 Å². The smallest absolute Gasteiger partial charge is 0.241 e. The van der Waals surface area contributed by atoms with E-state index in [1.165, 1.54) is 0 Å². The molecule has 1 aliphatic heterocycles. The number of carbonyl (C=O) groups is 1. The highest BCUT2D eigenvalue weighted by Gasteiger charge is 2.26. The minimum Gasteiger partial charge on any atom is -0.508 e. The average Bonchev–Trinajstić information content (AvgIpc) is 2.68. The fourth-order valence-corrected chi connectivity index (χ4v) is 3.38. The molecule has 144 valence electrons. The molecule has 0 unspecified atom stereocenters. The number of hydrogen-bond donors (Lipinski definition) is 2. The molecule has 27 heavy (non-hydrogen) atoms. The average molecular weight is 390 g/mol. The highest BCUT2D eigenvalue weighted by molar-refractivity contribution is 6.31. The van der Waals surface area contributed by atoms with E-state index in [1.807, 2.05) is 19.1 Å². The second kappa shape index (κ2) is 8.50. The van der Waals surface area contributed by atoms with Crippen LogP contribution in [0.5, 0.6) is 11.5 Å². The van der Waals surface area contributed by atoms with Gasteiger partial charge in [0.25, 0.3) is 0 Å². The minimum absolute atomic E-state index is 0.0892. The van der Waals surface area contributed by atoms with Crippen molar-refractivity contribution in [2.45, 2.75) is 13.0 Å². The van der Waals surface area contributed by atoms with Crippen LogP contribution in [0.1, 0.15) is 6.92 Å². The molecule has 1 fully saturated rings. The molecular weight excluding hydrogens is 366 g/mol. The lowest BCUT2D eigenvalue weighted by Crippen LogP contribution is -2.52. The van der Waals surface area contributed by atoms with Gasteiger partial charge in [-0.15, -0.1) is 0 Å². The predicted molar refractivity (Wildman–Crippen MR) is 108 cm³/mol. The third-order valence-corrected chi connectivity index (χ3v) is 5.11. The number of ether oxygens (including phenoxy) is 1. The lowest BCUT2D eigenvalue weighted by atomic mass is 10.2. The van der Waals surface area contributed by atoms with E-state index in [9.17, 15) is 9.90 Å². The number of phenols is 1. The van der Waals surface area contributed by atoms with Gasteiger partial charge in [-0.3, -0.25) is 9.69 Å². The topological polar surface area (TPSA) is 65.0 Å². The Morgan fingerprint density at radius 2 is 1.81 bits per heavy atom. The number of nitrogens with one attached hydrogen (secondary N) is 1. The molecule has 6 nitrogen and oxygen atoms in total. The van der Waals surface area contributed by atoms with E-state index in [0.717, 1.165) is 31.9 Å². The van der Waals surface area contributed by atoms with Crippen molar-refractivity contribution < 1.29 is 14.6 Å². The van der Waals surface area contributed by atoms with Gasteiger partial charge >= 0.3 is 0 Å². The molecule has 2 aromatic rings. The maximum atomic E-state index is 12.7. The molecule has 1 saturated heterocycles. The Morgan fingerprint density at radius 3 is 2.44 bits per heavy atom. The predicted octanol–water partition coefficient (Wildman–Crippen LogP) is 3.20. The number of anilines is 2. The number of hydrogen-bond acceptors (Lipinski definition) is 5. The lowest BCUT2D eigenvalue weighted by molar-refractivity contribution is -0.120. The number of nitrogens with zero attached hydrogens (tertiary/aromatic N) is 2. The van der Waals surface area contributed by atoms with Gasteiger partial charge in [-0.1, -0.05) is 11.6 Å². The molecule has 1 atom stereocenters. The third kappa shape index (κ3) is 4.64. The fraction of sp³-hybridized carbons (Fsp3) is 0.350. The molecule has 1 aliphatic rings. The summed E-state index contributed by atoms with van der Waals surface area (Å²) in [4.78, 5) is 17.1. The molecule has 0 saturated carbocycles. The monoisotopic (exact) mass is 389 g/mol. The van der Waals surface area contributed by atoms with Gasteiger partial charge in [-0.2, -0.15) is 0 Å². The molecule has 1 amide bonds. The highest BCUT2D eigenvalue weighted by atomic mass is 35.5. The van der Waals surface area contributed by atoms with Crippen molar-refractivity contribution in [1.29, 1.82) is 0 Å². The zero-order valence-electron chi connectivity index (χ0n) is 15.5. The van der Waals surface area contributed by atoms with E-state index in [4.69, 9.17) is 16.3 Å². The van der Waals surface area contributed by atoms with Crippen molar-refractivity contribution in [1.82, 2.24) is 4.90 Å². The van der Waals surface area contributed by atoms with Crippen LogP contribution in [0.25, 0.3) is 0 Å². The number of amides is 1. The summed E-state index contributed by atoms with van der Waals surface area (Å²) in [6, 6.07) is 12.1. The van der Waals surface area contributed by atoms with Crippen LogP contribution in [0.4, 0.5) is 11.4 Å². The van der Waals surface area contributed by atoms with E-state index in [1.54, 1.807) is 37.4 Å². The van der Waals surface area contributed by atoms with E-state index in [-0.39, 0.29) is 17.7 Å². The van der Waals surface area contributed by atoms with Gasteiger partial charge in [0.2, 0.25) is 5.91 Å². The molecule has 0 radical (unpaired) electrons. The van der Waals surface area contributed by atoms with Gasteiger partial charge in [0.1, 0.15) is 11.5 Å². The van der Waals surface area contributed by atoms with Crippen LogP contribution < -0.4 is 15.0 Å². The minimum atomic E-state index is -0.268. The Balaban J connectivity index is 1.58. The molecule has 2 N–H and O–H groups in total. The Hall–Kier alpha value is -2.44. The zero-order chi connectivity index (χ0) is 19.4. The Bertz CT molecular complexity index is 790. The van der Waals surface area contributed by atoms with Crippen LogP contribution in [0.3, 0.4) is 0 Å². The molecule has 7 heteroatoms. The Labute approximate surface area is 164 Å². The second-order valence-electron chi connectivity index (χ2n) is 6.55. The van der Waals surface area contributed by atoms with Crippen molar-refractivity contribution in [3.05, 3.63) is 47.5 Å². The number of benzene rings is 2. The molecule has 0 bridgehead atoms. The Morgan fingerprint density at radius 1 is 1.15 bits per heavy atom. The maximum absolute atomic E-state index is 12.7. The third-order valence-electron chi connectivity index (χ3n) is 4.88. The summed E-state index contributed by atoms with van der Waals surface area (Å²) in [6.45, 7) is 5.11. The van der Waals surface area contributed by atoms with Crippen LogP contribution in [0.2, 0.25) is 5.02 Å². The number of aromatic hydroxyl groups is 1. The molecule has 1 heterocycles. The largest absolute Gasteiger partial charge is 0.508 e. The normalized spacial score (nSPS) is 16.0. The zero-order valence-corrected chi connectivity index (χ0v) is 16.2. The van der Waals surface area contributed by atoms with Crippen LogP contribution in [0, 0.1) is 0 Å². The molecule has 3 rings (SSSR count). The van der Waals surface area contributed by atoms with E-state index >= 15 is 0 Å². The first-order chi connectivity index (χ1) is 13.0. The summed E-state index contributed by atoms with van der Waals surface area (Å²) in [5.74, 6) is 0.755. The summed E-state index contributed by atoms with van der Waals surface area (Å²) in [5.41, 5.74) is 1.65. The summed E-state index contributed by atoms with van der Waals surface area (Å²) < 4.78 is 5.29. The number of halogens is 1. The lowest BCUT2D eigenvalue weighted by Gasteiger charge is -2.38. The first kappa shape index (κ1) is 19.3. The maximum Gasteiger partial charge on any atom is 0.241 e. The van der Waals surface area contributed by atoms with Crippen LogP contribution in [-0.2, 0) is 4.79 Å². The first-order valence-electron chi connectivity index (χ1n) is 8.90. The van der Waals surface area contributed by atoms with Crippen molar-refractivity contribution in [3.63, 3.8) is 0 Å². The summed E-state index contributed by atoms with van der Waals surface area (Å²) >= 11 is 6.03. The van der Waals surface area contributed by atoms with Crippen molar-refractivity contribution in [2.75, 3.05) is 43.5 Å². The number of carbonyl (C=O) groups excluding carboxylic acids is 1. The number of phenolic OH excluding ortho intramolecular Hbond substituents is 1. The van der Waals surface area contributed by atoms with Crippen LogP contribution in [-0.4, -0.2) is 55.2 Å². The first-order valence-corrected chi connectivity index (χ1v) is 9.28. The van der Waals surface area contributed by atoms with Gasteiger partial charge in [0.05, 0.1) is 18.8 Å². The number of methoxy groups -OCH3 is 1. The van der Waals surface area contributed by atoms with Gasteiger partial charge in [-0.25, -0.2) is 0 Å². The van der Waals surface area contributed by atoms with Gasteiger partial charge in [-0.05, 0) is 49.4 Å². The molecule has 0 spiro atoms. The summed E-state index contributed by atoms with van der Waals surface area (Å²) in [5, 5.41) is 12.9. The van der Waals surface area contributed by atoms with Crippen molar-refractivity contribution in [3.8, 4) is 11.5 Å². The van der Waals surface area contributed by atoms with E-state index < -0.39 is 0 Å². The quantitative estimate of drug-likeness (QED) is 0.822. The van der Waals surface area contributed by atoms with Crippen molar-refractivity contribution >= 4 is 28.9 Å². The molecule has 2 aromatic carbocycles. The van der Waals surface area contributed by atoms with Gasteiger partial charge in [0, 0.05) is 36.9 Å². The standard InChI is InChI=1S/C20H24ClN3O3/c1-14(20(26)22-18-13-15(21)3-8-19(18)27-2)23-9-11-24(12-10-23)16-4-6-17(25)7-5-16/h3-8,13-14,25H,9-12H2,1-2H3,(H,22,26)/t14-/m1/s1. The Kier molecular flexibility index (Phi) is 6.08. The van der Waals surface area contributed by atoms with Gasteiger partial charge < -0.3 is 20.1 Å². The number of piperazine rings is 1. The highest BCUT2D eigenvalue weighted by Crippen LogP contribution is 2.28. The molecule has 0 aliphatic carbocycles. The van der Waals surface area contributed by atoms with Crippen LogP contribution >= 0.6 is 11.6 Å². The SMILES string of the molecule is COc1ccc(Cl)cc1NC(=O)[C@@H](C)N1CCN(c2ccc(O)cc2)CC1. The number of rotatable bonds is 5. The fourth-order valence-electron chi connectivity index (χ4n) is 3.21. The molecular formula is C20H24ClN3O3. The van der Waals surface area contributed by atoms with Crippen LogP contribution in [0.15, 0.2) is 42.5 Å². The van der Waals surface area contributed by atoms with E-state index in [2.05, 4.69) is 15.1 Å². The molecule has 0 aromatic heterocycles.